The lowest BCUT2D eigenvalue weighted by molar-refractivity contribution is -0.115. The van der Waals surface area contributed by atoms with Crippen LogP contribution in [0.25, 0.3) is 28.4 Å². The van der Waals surface area contributed by atoms with Gasteiger partial charge in [0.2, 0.25) is 0 Å². The van der Waals surface area contributed by atoms with E-state index in [1.165, 1.54) is 9.69 Å². The number of halogens is 1. The second kappa shape index (κ2) is 7.90. The Morgan fingerprint density at radius 2 is 1.56 bits per heavy atom. The first-order chi connectivity index (χ1) is 15.5. The first kappa shape index (κ1) is 19.9. The van der Waals surface area contributed by atoms with Gasteiger partial charge >= 0.3 is 0 Å². The normalized spacial score (nSPS) is 14.9. The Morgan fingerprint density at radius 3 is 2.31 bits per heavy atom. The summed E-state index contributed by atoms with van der Waals surface area (Å²) in [7, 11) is 0. The number of amidine groups is 1. The molecule has 156 valence electrons. The number of benzene rings is 3. The minimum absolute atomic E-state index is 0.226. The van der Waals surface area contributed by atoms with E-state index in [1.54, 1.807) is 55.5 Å². The Balaban J connectivity index is 1.70. The van der Waals surface area contributed by atoms with Crippen LogP contribution in [0.4, 0.5) is 0 Å². The maximum absolute atomic E-state index is 13.5. The first-order valence-corrected chi connectivity index (χ1v) is 10.4. The Labute approximate surface area is 188 Å². The van der Waals surface area contributed by atoms with Gasteiger partial charge in [0.05, 0.1) is 10.9 Å². The smallest absolute Gasteiger partial charge is 0.267 e. The van der Waals surface area contributed by atoms with E-state index in [9.17, 15) is 9.59 Å². The number of nitrogens with zero attached hydrogens (tertiary/aromatic N) is 4. The first-order valence-electron chi connectivity index (χ1n) is 9.97. The van der Waals surface area contributed by atoms with Gasteiger partial charge in [-0.05, 0) is 42.8 Å². The second-order valence-corrected chi connectivity index (χ2v) is 7.73. The summed E-state index contributed by atoms with van der Waals surface area (Å²) in [5.41, 5.74) is 1.94. The van der Waals surface area contributed by atoms with E-state index < -0.39 is 5.91 Å². The predicted molar refractivity (Wildman–Crippen MR) is 127 cm³/mol. The van der Waals surface area contributed by atoms with Crippen molar-refractivity contribution in [3.63, 3.8) is 0 Å². The highest BCUT2D eigenvalue weighted by Crippen LogP contribution is 2.23. The fourth-order valence-corrected chi connectivity index (χ4v) is 3.78. The Morgan fingerprint density at radius 1 is 0.875 bits per heavy atom. The molecule has 0 radical (unpaired) electrons. The van der Waals surface area contributed by atoms with Gasteiger partial charge in [0.25, 0.3) is 11.5 Å². The van der Waals surface area contributed by atoms with Crippen molar-refractivity contribution in [2.45, 2.75) is 6.92 Å². The second-order valence-electron chi connectivity index (χ2n) is 7.29. The van der Waals surface area contributed by atoms with E-state index in [4.69, 9.17) is 16.6 Å². The lowest BCUT2D eigenvalue weighted by atomic mass is 10.2. The molecule has 5 rings (SSSR count). The van der Waals surface area contributed by atoms with E-state index in [-0.39, 0.29) is 11.3 Å². The van der Waals surface area contributed by atoms with Gasteiger partial charge in [-0.3, -0.25) is 9.59 Å². The van der Waals surface area contributed by atoms with Gasteiger partial charge in [0, 0.05) is 10.6 Å². The molecule has 0 fully saturated rings. The Kier molecular flexibility index (Phi) is 4.92. The summed E-state index contributed by atoms with van der Waals surface area (Å²) >= 11 is 5.96. The topological polar surface area (TPSA) is 67.6 Å². The molecule has 0 N–H and O–H groups in total. The van der Waals surface area contributed by atoms with E-state index in [1.807, 2.05) is 36.4 Å². The number of aliphatic imine (C=N–C) groups is 1. The highest BCUT2D eigenvalue weighted by Gasteiger charge is 2.32. The van der Waals surface area contributed by atoms with Crippen molar-refractivity contribution in [2.75, 3.05) is 5.01 Å². The number of amides is 1. The molecule has 2 heterocycles. The molecule has 6 nitrogen and oxygen atoms in total. The van der Waals surface area contributed by atoms with Crippen LogP contribution in [0.3, 0.4) is 0 Å². The summed E-state index contributed by atoms with van der Waals surface area (Å²) in [5.74, 6) is 0.338. The average Bonchev–Trinajstić information content (AvgIpc) is 3.08. The molecular weight excluding hydrogens is 424 g/mol. The Bertz CT molecular complexity index is 1470. The molecule has 4 aromatic rings. The fraction of sp³-hybridized carbons (Fsp3) is 0.0400. The van der Waals surface area contributed by atoms with E-state index in [0.29, 0.717) is 33.1 Å². The van der Waals surface area contributed by atoms with Crippen LogP contribution in [0.1, 0.15) is 12.5 Å². The van der Waals surface area contributed by atoms with Crippen LogP contribution >= 0.6 is 11.6 Å². The summed E-state index contributed by atoms with van der Waals surface area (Å²) in [6, 6.07) is 23.5. The Hall–Kier alpha value is -4.03. The molecule has 0 atom stereocenters. The highest BCUT2D eigenvalue weighted by atomic mass is 35.5. The maximum atomic E-state index is 13.5. The minimum Gasteiger partial charge on any atom is -0.267 e. The number of hydrogen-bond acceptors (Lipinski definition) is 4. The number of carbonyl (C=O) groups is 1. The number of hydrogen-bond donors (Lipinski definition) is 0. The van der Waals surface area contributed by atoms with E-state index in [0.717, 1.165) is 5.56 Å². The highest BCUT2D eigenvalue weighted by molar-refractivity contribution is 6.30. The monoisotopic (exact) mass is 440 g/mol. The molecule has 1 aliphatic heterocycles. The zero-order chi connectivity index (χ0) is 22.2. The van der Waals surface area contributed by atoms with Crippen LogP contribution in [-0.2, 0) is 4.79 Å². The summed E-state index contributed by atoms with van der Waals surface area (Å²) in [5, 5.41) is 2.31. The van der Waals surface area contributed by atoms with Gasteiger partial charge in [-0.25, -0.2) is 9.98 Å². The van der Waals surface area contributed by atoms with Gasteiger partial charge in [-0.2, -0.15) is 9.69 Å². The molecule has 0 unspecified atom stereocenters. The van der Waals surface area contributed by atoms with E-state index in [2.05, 4.69) is 4.99 Å². The van der Waals surface area contributed by atoms with Gasteiger partial charge in [0.15, 0.2) is 5.82 Å². The lowest BCUT2D eigenvalue weighted by Gasteiger charge is -2.22. The lowest BCUT2D eigenvalue weighted by Crippen LogP contribution is -2.47. The zero-order valence-corrected chi connectivity index (χ0v) is 17.8. The van der Waals surface area contributed by atoms with Crippen molar-refractivity contribution in [1.82, 2.24) is 9.66 Å². The van der Waals surface area contributed by atoms with Gasteiger partial charge in [-0.15, -0.1) is 0 Å². The third kappa shape index (κ3) is 3.40. The van der Waals surface area contributed by atoms with Crippen molar-refractivity contribution in [1.29, 1.82) is 0 Å². The number of rotatable bonds is 3. The van der Waals surface area contributed by atoms with Crippen LogP contribution < -0.4 is 10.6 Å². The molecular formula is C25H17ClN4O2. The molecule has 0 saturated heterocycles. The maximum Gasteiger partial charge on any atom is 0.297 e. The molecule has 1 aromatic heterocycles. The summed E-state index contributed by atoms with van der Waals surface area (Å²) in [6.45, 7) is 1.69. The number of carbonyl (C=O) groups excluding carboxylic acids is 1. The largest absolute Gasteiger partial charge is 0.297 e. The number of para-hydroxylation sites is 1. The quantitative estimate of drug-likeness (QED) is 0.435. The summed E-state index contributed by atoms with van der Waals surface area (Å²) < 4.78 is 1.31. The van der Waals surface area contributed by atoms with Crippen LogP contribution in [0.2, 0.25) is 5.02 Å². The van der Waals surface area contributed by atoms with Gasteiger partial charge < -0.3 is 0 Å². The third-order valence-electron chi connectivity index (χ3n) is 5.16. The van der Waals surface area contributed by atoms with Crippen LogP contribution in [0, 0.1) is 0 Å². The molecule has 3 aromatic carbocycles. The molecule has 32 heavy (non-hydrogen) atoms. The summed E-state index contributed by atoms with van der Waals surface area (Å²) in [4.78, 5) is 36.1. The van der Waals surface area contributed by atoms with Crippen LogP contribution in [0.15, 0.2) is 94.3 Å². The zero-order valence-electron chi connectivity index (χ0n) is 17.1. The van der Waals surface area contributed by atoms with Crippen molar-refractivity contribution in [2.24, 2.45) is 4.99 Å². The van der Waals surface area contributed by atoms with Crippen molar-refractivity contribution < 1.29 is 4.79 Å². The molecule has 0 spiro atoms. The molecule has 0 saturated carbocycles. The van der Waals surface area contributed by atoms with Crippen LogP contribution in [0.5, 0.6) is 0 Å². The number of fused-ring (bicyclic) bond motifs is 1. The third-order valence-corrected chi connectivity index (χ3v) is 5.41. The van der Waals surface area contributed by atoms with Crippen molar-refractivity contribution >= 4 is 40.3 Å². The molecule has 7 heteroatoms. The predicted octanol–water partition coefficient (Wildman–Crippen LogP) is 4.65. The fourth-order valence-electron chi connectivity index (χ4n) is 3.65. The number of aromatic nitrogens is 2. The molecule has 1 aliphatic rings. The average molecular weight is 441 g/mol. The molecule has 1 amide bonds. The van der Waals surface area contributed by atoms with Crippen molar-refractivity contribution in [3.05, 3.63) is 105 Å². The van der Waals surface area contributed by atoms with Gasteiger partial charge in [-0.1, -0.05) is 66.2 Å². The molecule has 0 aliphatic carbocycles. The summed E-state index contributed by atoms with van der Waals surface area (Å²) in [6.07, 6.45) is 1.67. The van der Waals surface area contributed by atoms with Crippen LogP contribution in [-0.4, -0.2) is 21.4 Å². The standard InChI is InChI=1S/C25H17ClN4O2/c1-16-27-22(15-17-11-13-19(26)14-12-17)25(32)29(16)30-23(18-7-3-2-4-8-18)28-21-10-6-5-9-20(21)24(30)31/h2-15H,1H3/b22-15-. The molecule has 0 bridgehead atoms. The van der Waals surface area contributed by atoms with E-state index >= 15 is 0 Å². The minimum atomic E-state index is -0.409. The van der Waals surface area contributed by atoms with Crippen molar-refractivity contribution in [3.8, 4) is 11.4 Å². The van der Waals surface area contributed by atoms with Gasteiger partial charge in [0.1, 0.15) is 11.5 Å². The SMILES string of the molecule is CC1=N/C(=C\c2ccc(Cl)cc2)C(=O)N1n1c(-c2ccccc2)nc2ccccc2c1=O.